The Bertz CT molecular complexity index is 568. The lowest BCUT2D eigenvalue weighted by Gasteiger charge is -2.28. The van der Waals surface area contributed by atoms with Gasteiger partial charge in [0.05, 0.1) is 0 Å². The van der Waals surface area contributed by atoms with Crippen molar-refractivity contribution in [2.45, 2.75) is 6.10 Å². The zero-order valence-corrected chi connectivity index (χ0v) is 9.95. The summed E-state index contributed by atoms with van der Waals surface area (Å²) in [7, 11) is 0. The average Bonchev–Trinajstić information content (AvgIpc) is 2.38. The normalized spacial score (nSPS) is 16.9. The fourth-order valence-electron chi connectivity index (χ4n) is 2.23. The Balaban J connectivity index is 2.24. The molecule has 2 N–H and O–H groups in total. The van der Waals surface area contributed by atoms with Crippen LogP contribution in [0.25, 0.3) is 11.1 Å². The van der Waals surface area contributed by atoms with Gasteiger partial charge in [-0.25, -0.2) is 0 Å². The highest BCUT2D eigenvalue weighted by Crippen LogP contribution is 2.42. The third-order valence-corrected chi connectivity index (χ3v) is 3.26. The van der Waals surface area contributed by atoms with Crippen LogP contribution in [0, 0.1) is 0 Å². The SMILES string of the molecule is NCC1Oc2ccc(Cl)cc2-c2ccccc21. The minimum Gasteiger partial charge on any atom is -0.484 e. The van der Waals surface area contributed by atoms with Crippen molar-refractivity contribution in [1.29, 1.82) is 0 Å². The summed E-state index contributed by atoms with van der Waals surface area (Å²) in [5, 5.41) is 0.716. The molecule has 3 rings (SSSR count). The van der Waals surface area contributed by atoms with Crippen LogP contribution in [0.4, 0.5) is 0 Å². The maximum atomic E-state index is 6.03. The van der Waals surface area contributed by atoms with Crippen LogP contribution in [0.3, 0.4) is 0 Å². The Morgan fingerprint density at radius 1 is 1.12 bits per heavy atom. The third-order valence-electron chi connectivity index (χ3n) is 3.02. The largest absolute Gasteiger partial charge is 0.484 e. The molecule has 0 saturated heterocycles. The molecule has 0 bridgehead atoms. The molecule has 0 spiro atoms. The van der Waals surface area contributed by atoms with Crippen LogP contribution in [0.15, 0.2) is 42.5 Å². The molecule has 0 fully saturated rings. The Kier molecular flexibility index (Phi) is 2.54. The summed E-state index contributed by atoms with van der Waals surface area (Å²) in [6, 6.07) is 13.8. The first kappa shape index (κ1) is 10.6. The summed E-state index contributed by atoms with van der Waals surface area (Å²) in [4.78, 5) is 0. The summed E-state index contributed by atoms with van der Waals surface area (Å²) in [5.41, 5.74) is 9.08. The number of hydrogen-bond donors (Lipinski definition) is 1. The topological polar surface area (TPSA) is 35.2 Å². The highest BCUT2D eigenvalue weighted by atomic mass is 35.5. The van der Waals surface area contributed by atoms with E-state index < -0.39 is 0 Å². The van der Waals surface area contributed by atoms with Gasteiger partial charge >= 0.3 is 0 Å². The van der Waals surface area contributed by atoms with Crippen molar-refractivity contribution in [2.75, 3.05) is 6.54 Å². The Morgan fingerprint density at radius 2 is 1.94 bits per heavy atom. The van der Waals surface area contributed by atoms with Gasteiger partial charge < -0.3 is 10.5 Å². The van der Waals surface area contributed by atoms with Crippen LogP contribution in [-0.4, -0.2) is 6.54 Å². The summed E-state index contributed by atoms with van der Waals surface area (Å²) >= 11 is 6.03. The second kappa shape index (κ2) is 4.06. The molecule has 1 aliphatic rings. The van der Waals surface area contributed by atoms with Gasteiger partial charge in [-0.05, 0) is 23.8 Å². The van der Waals surface area contributed by atoms with E-state index in [1.165, 1.54) is 0 Å². The van der Waals surface area contributed by atoms with Gasteiger partial charge in [-0.15, -0.1) is 0 Å². The predicted molar refractivity (Wildman–Crippen MR) is 69.3 cm³/mol. The number of fused-ring (bicyclic) bond motifs is 3. The third kappa shape index (κ3) is 1.70. The summed E-state index contributed by atoms with van der Waals surface area (Å²) in [6.45, 7) is 0.471. The van der Waals surface area contributed by atoms with E-state index in [9.17, 15) is 0 Å². The van der Waals surface area contributed by atoms with Gasteiger partial charge in [-0.2, -0.15) is 0 Å². The van der Waals surface area contributed by atoms with Gasteiger partial charge in [0.1, 0.15) is 11.9 Å². The summed E-state index contributed by atoms with van der Waals surface area (Å²) in [6.07, 6.45) is -0.0696. The van der Waals surface area contributed by atoms with Gasteiger partial charge in [0, 0.05) is 22.7 Å². The standard InChI is InChI=1S/C14H12ClNO/c15-9-5-6-13-12(7-9)10-3-1-2-4-11(10)14(8-16)17-13/h1-7,14H,8,16H2. The highest BCUT2D eigenvalue weighted by molar-refractivity contribution is 6.31. The molecule has 0 radical (unpaired) electrons. The fourth-order valence-corrected chi connectivity index (χ4v) is 2.40. The monoisotopic (exact) mass is 245 g/mol. The minimum atomic E-state index is -0.0696. The van der Waals surface area contributed by atoms with Crippen LogP contribution >= 0.6 is 11.6 Å². The van der Waals surface area contributed by atoms with Crippen LogP contribution < -0.4 is 10.5 Å². The molecule has 0 saturated carbocycles. The lowest BCUT2D eigenvalue weighted by Crippen LogP contribution is -2.22. The van der Waals surface area contributed by atoms with Crippen LogP contribution in [0.2, 0.25) is 5.02 Å². The smallest absolute Gasteiger partial charge is 0.137 e. The molecule has 0 amide bonds. The molecule has 1 heterocycles. The fraction of sp³-hybridized carbons (Fsp3) is 0.143. The maximum absolute atomic E-state index is 6.03. The molecule has 3 heteroatoms. The zero-order valence-electron chi connectivity index (χ0n) is 9.19. The van der Waals surface area contributed by atoms with Gasteiger partial charge in [0.25, 0.3) is 0 Å². The van der Waals surface area contributed by atoms with Crippen molar-refractivity contribution in [1.82, 2.24) is 0 Å². The van der Waals surface area contributed by atoms with Crippen molar-refractivity contribution >= 4 is 11.6 Å². The first-order valence-electron chi connectivity index (χ1n) is 5.55. The maximum Gasteiger partial charge on any atom is 0.137 e. The first-order chi connectivity index (χ1) is 8.29. The van der Waals surface area contributed by atoms with E-state index in [4.69, 9.17) is 22.1 Å². The zero-order chi connectivity index (χ0) is 11.8. The van der Waals surface area contributed by atoms with E-state index in [0.717, 1.165) is 22.4 Å². The molecule has 1 atom stereocenters. The molecule has 0 aromatic heterocycles. The predicted octanol–water partition coefficient (Wildman–Crippen LogP) is 3.40. The number of benzene rings is 2. The Morgan fingerprint density at radius 3 is 2.76 bits per heavy atom. The number of rotatable bonds is 1. The van der Waals surface area contributed by atoms with Gasteiger partial charge in [0.2, 0.25) is 0 Å². The van der Waals surface area contributed by atoms with E-state index in [1.807, 2.05) is 30.3 Å². The molecular weight excluding hydrogens is 234 g/mol. The van der Waals surface area contributed by atoms with E-state index in [0.29, 0.717) is 11.6 Å². The van der Waals surface area contributed by atoms with Crippen molar-refractivity contribution in [3.63, 3.8) is 0 Å². The molecule has 0 aliphatic carbocycles. The Labute approximate surface area is 105 Å². The molecule has 2 nitrogen and oxygen atoms in total. The molecule has 2 aromatic carbocycles. The van der Waals surface area contributed by atoms with Crippen molar-refractivity contribution in [3.05, 3.63) is 53.1 Å². The molecule has 17 heavy (non-hydrogen) atoms. The number of nitrogens with two attached hydrogens (primary N) is 1. The number of ether oxygens (including phenoxy) is 1. The lowest BCUT2D eigenvalue weighted by atomic mass is 9.93. The molecule has 1 aliphatic heterocycles. The molecule has 86 valence electrons. The van der Waals surface area contributed by atoms with E-state index in [-0.39, 0.29) is 6.10 Å². The number of halogens is 1. The second-order valence-corrected chi connectivity index (χ2v) is 4.51. The quantitative estimate of drug-likeness (QED) is 0.836. The molecule has 1 unspecified atom stereocenters. The lowest BCUT2D eigenvalue weighted by molar-refractivity contribution is 0.211. The summed E-state index contributed by atoms with van der Waals surface area (Å²) in [5.74, 6) is 0.851. The van der Waals surface area contributed by atoms with E-state index in [1.54, 1.807) is 0 Å². The van der Waals surface area contributed by atoms with Crippen molar-refractivity contribution in [3.8, 4) is 16.9 Å². The van der Waals surface area contributed by atoms with E-state index in [2.05, 4.69) is 12.1 Å². The summed E-state index contributed by atoms with van der Waals surface area (Å²) < 4.78 is 5.88. The van der Waals surface area contributed by atoms with Crippen molar-refractivity contribution < 1.29 is 4.74 Å². The molecular formula is C14H12ClNO. The average molecular weight is 246 g/mol. The van der Waals surface area contributed by atoms with Crippen LogP contribution in [-0.2, 0) is 0 Å². The first-order valence-corrected chi connectivity index (χ1v) is 5.93. The van der Waals surface area contributed by atoms with Gasteiger partial charge in [-0.3, -0.25) is 0 Å². The van der Waals surface area contributed by atoms with Crippen molar-refractivity contribution in [2.24, 2.45) is 5.73 Å². The van der Waals surface area contributed by atoms with E-state index >= 15 is 0 Å². The molecule has 2 aromatic rings. The number of hydrogen-bond acceptors (Lipinski definition) is 2. The van der Waals surface area contributed by atoms with Crippen LogP contribution in [0.1, 0.15) is 11.7 Å². The second-order valence-electron chi connectivity index (χ2n) is 4.07. The van der Waals surface area contributed by atoms with Crippen LogP contribution in [0.5, 0.6) is 5.75 Å². The van der Waals surface area contributed by atoms with Gasteiger partial charge in [0.15, 0.2) is 0 Å². The highest BCUT2D eigenvalue weighted by Gasteiger charge is 2.24. The minimum absolute atomic E-state index is 0.0696. The Hall–Kier alpha value is -1.51. The van der Waals surface area contributed by atoms with Gasteiger partial charge in [-0.1, -0.05) is 35.9 Å².